The van der Waals surface area contributed by atoms with Crippen LogP contribution in [-0.4, -0.2) is 59.0 Å². The summed E-state index contributed by atoms with van der Waals surface area (Å²) in [6.07, 6.45) is 3.75. The number of carbonyl (C=O) groups is 2. The van der Waals surface area contributed by atoms with Crippen LogP contribution in [0.25, 0.3) is 0 Å². The summed E-state index contributed by atoms with van der Waals surface area (Å²) in [6, 6.07) is 5.20. The number of urea groups is 2. The second-order valence-electron chi connectivity index (χ2n) is 7.44. The molecule has 2 aliphatic heterocycles. The first-order valence-electron chi connectivity index (χ1n) is 9.38. The zero-order chi connectivity index (χ0) is 19.8. The van der Waals surface area contributed by atoms with Crippen LogP contribution in [-0.2, 0) is 7.05 Å². The van der Waals surface area contributed by atoms with Gasteiger partial charge in [-0.1, -0.05) is 6.07 Å². The van der Waals surface area contributed by atoms with E-state index in [0.717, 1.165) is 16.8 Å². The van der Waals surface area contributed by atoms with E-state index in [4.69, 9.17) is 5.73 Å². The van der Waals surface area contributed by atoms with E-state index < -0.39 is 0 Å². The molecule has 9 heteroatoms. The Kier molecular flexibility index (Phi) is 4.68. The molecule has 0 aliphatic carbocycles. The van der Waals surface area contributed by atoms with Crippen molar-refractivity contribution in [2.24, 2.45) is 12.8 Å². The first-order valence-corrected chi connectivity index (χ1v) is 9.38. The lowest BCUT2D eigenvalue weighted by molar-refractivity contribution is 0.221. The van der Waals surface area contributed by atoms with E-state index in [9.17, 15) is 9.59 Å². The molecule has 0 bridgehead atoms. The lowest BCUT2D eigenvalue weighted by atomic mass is 9.98. The summed E-state index contributed by atoms with van der Waals surface area (Å²) >= 11 is 0. The summed E-state index contributed by atoms with van der Waals surface area (Å²) in [5.41, 5.74) is 9.72. The van der Waals surface area contributed by atoms with Crippen LogP contribution < -0.4 is 21.3 Å². The normalized spacial score (nSPS) is 21.9. The third kappa shape index (κ3) is 3.40. The lowest BCUT2D eigenvalue weighted by Crippen LogP contribution is -2.35. The number of aryl methyl sites for hydroxylation is 2. The van der Waals surface area contributed by atoms with Gasteiger partial charge in [0.25, 0.3) is 0 Å². The fraction of sp³-hybridized carbons (Fsp3) is 0.421. The van der Waals surface area contributed by atoms with Crippen molar-refractivity contribution in [1.82, 2.24) is 20.0 Å². The number of aromatic nitrogens is 2. The average Bonchev–Trinajstić information content (AvgIpc) is 3.37. The van der Waals surface area contributed by atoms with Crippen molar-refractivity contribution in [3.8, 4) is 0 Å². The maximum absolute atomic E-state index is 12.8. The van der Waals surface area contributed by atoms with E-state index in [1.54, 1.807) is 20.7 Å². The van der Waals surface area contributed by atoms with E-state index in [-0.39, 0.29) is 24.0 Å². The fourth-order valence-electron chi connectivity index (χ4n) is 3.80. The molecule has 3 heterocycles. The molecule has 148 valence electrons. The Balaban J connectivity index is 1.47. The van der Waals surface area contributed by atoms with Gasteiger partial charge in [-0.05, 0) is 30.2 Å². The molecule has 2 fully saturated rings. The van der Waals surface area contributed by atoms with Crippen molar-refractivity contribution in [1.29, 1.82) is 0 Å². The van der Waals surface area contributed by atoms with Gasteiger partial charge < -0.3 is 21.3 Å². The highest BCUT2D eigenvalue weighted by molar-refractivity contribution is 5.96. The first kappa shape index (κ1) is 18.3. The zero-order valence-corrected chi connectivity index (χ0v) is 16.1. The van der Waals surface area contributed by atoms with Gasteiger partial charge in [0.05, 0.1) is 6.20 Å². The van der Waals surface area contributed by atoms with Crippen molar-refractivity contribution >= 4 is 23.4 Å². The summed E-state index contributed by atoms with van der Waals surface area (Å²) in [7, 11) is 1.87. The highest BCUT2D eigenvalue weighted by atomic mass is 16.2. The van der Waals surface area contributed by atoms with Gasteiger partial charge in [0.15, 0.2) is 0 Å². The highest BCUT2D eigenvalue weighted by Gasteiger charge is 2.34. The molecule has 9 nitrogen and oxygen atoms in total. The zero-order valence-electron chi connectivity index (χ0n) is 16.1. The number of anilines is 2. The Morgan fingerprint density at radius 1 is 1.36 bits per heavy atom. The van der Waals surface area contributed by atoms with Crippen molar-refractivity contribution in [2.45, 2.75) is 18.9 Å². The summed E-state index contributed by atoms with van der Waals surface area (Å²) in [6.45, 7) is 4.20. The molecule has 28 heavy (non-hydrogen) atoms. The number of hydrogen-bond acceptors (Lipinski definition) is 4. The molecule has 0 unspecified atom stereocenters. The smallest absolute Gasteiger partial charge is 0.321 e. The number of amides is 4. The summed E-state index contributed by atoms with van der Waals surface area (Å²) in [4.78, 5) is 28.1. The van der Waals surface area contributed by atoms with Gasteiger partial charge >= 0.3 is 12.1 Å². The minimum atomic E-state index is -0.187. The predicted molar refractivity (Wildman–Crippen MR) is 106 cm³/mol. The average molecular weight is 383 g/mol. The highest BCUT2D eigenvalue weighted by Crippen LogP contribution is 2.28. The maximum atomic E-state index is 12.8. The number of nitrogens with two attached hydrogens (primary N) is 1. The van der Waals surface area contributed by atoms with Crippen LogP contribution in [0.5, 0.6) is 0 Å². The van der Waals surface area contributed by atoms with Gasteiger partial charge in [0.1, 0.15) is 0 Å². The summed E-state index contributed by atoms with van der Waals surface area (Å²) in [5, 5.41) is 9.97. The Morgan fingerprint density at radius 2 is 2.18 bits per heavy atom. The van der Waals surface area contributed by atoms with Gasteiger partial charge in [-0.25, -0.2) is 9.59 Å². The maximum Gasteiger partial charge on any atom is 0.321 e. The molecule has 2 saturated heterocycles. The Morgan fingerprint density at radius 3 is 2.86 bits per heavy atom. The SMILES string of the molecule is Cc1ccc(N2CCNC2=O)cc1NC(=O)N1C[C@@H](N)[C@H](c2cnn(C)c2)C1. The van der Waals surface area contributed by atoms with E-state index in [1.807, 2.05) is 38.4 Å². The van der Waals surface area contributed by atoms with E-state index >= 15 is 0 Å². The number of rotatable bonds is 3. The largest absolute Gasteiger partial charge is 0.336 e. The monoisotopic (exact) mass is 383 g/mol. The predicted octanol–water partition coefficient (Wildman–Crippen LogP) is 1.22. The molecule has 0 radical (unpaired) electrons. The Bertz CT molecular complexity index is 909. The lowest BCUT2D eigenvalue weighted by Gasteiger charge is -2.20. The van der Waals surface area contributed by atoms with E-state index in [0.29, 0.717) is 31.9 Å². The molecule has 1 aromatic carbocycles. The van der Waals surface area contributed by atoms with Crippen LogP contribution in [0.3, 0.4) is 0 Å². The van der Waals surface area contributed by atoms with Crippen LogP contribution >= 0.6 is 0 Å². The summed E-state index contributed by atoms with van der Waals surface area (Å²) in [5.74, 6) is 0.0696. The molecule has 1 aromatic heterocycles. The molecule has 4 rings (SSSR count). The van der Waals surface area contributed by atoms with Crippen molar-refractivity contribution in [3.63, 3.8) is 0 Å². The van der Waals surface area contributed by atoms with Crippen LogP contribution in [0.1, 0.15) is 17.0 Å². The van der Waals surface area contributed by atoms with Gasteiger partial charge in [0.2, 0.25) is 0 Å². The Labute approximate surface area is 163 Å². The third-order valence-corrected chi connectivity index (χ3v) is 5.44. The van der Waals surface area contributed by atoms with Crippen LogP contribution in [0, 0.1) is 6.92 Å². The van der Waals surface area contributed by atoms with E-state index in [2.05, 4.69) is 15.7 Å². The van der Waals surface area contributed by atoms with Gasteiger partial charge in [-0.2, -0.15) is 5.10 Å². The second-order valence-corrected chi connectivity index (χ2v) is 7.44. The van der Waals surface area contributed by atoms with E-state index in [1.165, 1.54) is 0 Å². The molecule has 2 atom stereocenters. The van der Waals surface area contributed by atoms with Crippen LogP contribution in [0.15, 0.2) is 30.6 Å². The summed E-state index contributed by atoms with van der Waals surface area (Å²) < 4.78 is 1.74. The quantitative estimate of drug-likeness (QED) is 0.740. The molecule has 0 spiro atoms. The Hall–Kier alpha value is -3.07. The number of nitrogens with one attached hydrogen (secondary N) is 2. The minimum absolute atomic E-state index is 0.0696. The fourth-order valence-corrected chi connectivity index (χ4v) is 3.80. The number of benzene rings is 1. The number of carbonyl (C=O) groups excluding carboxylic acids is 2. The molecule has 2 aromatic rings. The van der Waals surface area contributed by atoms with Crippen molar-refractivity contribution in [3.05, 3.63) is 41.7 Å². The van der Waals surface area contributed by atoms with Gasteiger partial charge in [-0.15, -0.1) is 0 Å². The molecule has 4 amide bonds. The standard InChI is InChI=1S/C19H25N7O2/c1-12-3-4-14(26-6-5-21-18(26)27)7-17(12)23-19(28)25-10-15(16(20)11-25)13-8-22-24(2)9-13/h3-4,7-9,15-16H,5-6,10-11,20H2,1-2H3,(H,21,27)(H,23,28)/t15-,16+/m0/s1. The van der Waals surface area contributed by atoms with Gasteiger partial charge in [0, 0.05) is 62.8 Å². The van der Waals surface area contributed by atoms with Crippen LogP contribution in [0.2, 0.25) is 0 Å². The molecule has 4 N–H and O–H groups in total. The van der Waals surface area contributed by atoms with Gasteiger partial charge in [-0.3, -0.25) is 9.58 Å². The number of hydrogen-bond donors (Lipinski definition) is 3. The molecule has 2 aliphatic rings. The topological polar surface area (TPSA) is 109 Å². The molecule has 0 saturated carbocycles. The first-order chi connectivity index (χ1) is 13.4. The second kappa shape index (κ2) is 7.16. The van der Waals surface area contributed by atoms with Crippen molar-refractivity contribution in [2.75, 3.05) is 36.4 Å². The molecular weight excluding hydrogens is 358 g/mol. The van der Waals surface area contributed by atoms with Crippen LogP contribution in [0.4, 0.5) is 21.0 Å². The number of likely N-dealkylation sites (tertiary alicyclic amines) is 1. The van der Waals surface area contributed by atoms with Crippen molar-refractivity contribution < 1.29 is 9.59 Å². The minimum Gasteiger partial charge on any atom is -0.336 e. The number of nitrogens with zero attached hydrogens (tertiary/aromatic N) is 4. The third-order valence-electron chi connectivity index (χ3n) is 5.44. The molecular formula is C19H25N7O2.